The van der Waals surface area contributed by atoms with E-state index < -0.39 is 29.7 Å². The molecule has 2 amide bonds. The van der Waals surface area contributed by atoms with Crippen LogP contribution < -0.4 is 14.6 Å². The first-order valence-corrected chi connectivity index (χ1v) is 9.67. The first-order chi connectivity index (χ1) is 14.5. The normalized spacial score (nSPS) is 20.3. The van der Waals surface area contributed by atoms with Crippen LogP contribution in [0.3, 0.4) is 0 Å². The molecule has 154 valence electrons. The number of methoxy groups -OCH3 is 1. The van der Waals surface area contributed by atoms with Crippen LogP contribution in [0, 0.1) is 5.92 Å². The number of halogens is 1. The van der Waals surface area contributed by atoms with E-state index in [-0.39, 0.29) is 12.3 Å². The molecule has 9 heteroatoms. The minimum atomic E-state index is -1.11. The van der Waals surface area contributed by atoms with Gasteiger partial charge in [0.05, 0.1) is 30.1 Å². The van der Waals surface area contributed by atoms with Crippen molar-refractivity contribution in [3.63, 3.8) is 0 Å². The zero-order valence-corrected chi connectivity index (χ0v) is 17.0. The van der Waals surface area contributed by atoms with Gasteiger partial charge in [0, 0.05) is 0 Å². The number of rotatable bonds is 5. The lowest BCUT2D eigenvalue weighted by Crippen LogP contribution is -2.39. The smallest absolute Gasteiger partial charge is 0.355 e. The van der Waals surface area contributed by atoms with Crippen molar-refractivity contribution in [1.29, 1.82) is 0 Å². The van der Waals surface area contributed by atoms with Gasteiger partial charge >= 0.3 is 5.97 Å². The second-order valence-electron chi connectivity index (χ2n) is 6.61. The number of fused-ring (bicyclic) bond motifs is 1. The molecule has 1 saturated heterocycles. The van der Waals surface area contributed by atoms with Gasteiger partial charge in [0.25, 0.3) is 5.91 Å². The number of benzene rings is 2. The number of amides is 2. The fourth-order valence-corrected chi connectivity index (χ4v) is 3.90. The number of hydrazone groups is 1. The predicted molar refractivity (Wildman–Crippen MR) is 111 cm³/mol. The minimum absolute atomic E-state index is 0.111. The Hall–Kier alpha value is -3.39. The van der Waals surface area contributed by atoms with Gasteiger partial charge in [-0.1, -0.05) is 35.9 Å². The Morgan fingerprint density at radius 1 is 1.07 bits per heavy atom. The summed E-state index contributed by atoms with van der Waals surface area (Å²) in [6.45, 7) is 1.76. The van der Waals surface area contributed by atoms with Gasteiger partial charge < -0.3 is 9.47 Å². The van der Waals surface area contributed by atoms with Crippen molar-refractivity contribution in [2.75, 3.05) is 23.6 Å². The van der Waals surface area contributed by atoms with Crippen molar-refractivity contribution in [1.82, 2.24) is 0 Å². The lowest BCUT2D eigenvalue weighted by atomic mass is 9.98. The third kappa shape index (κ3) is 3.00. The van der Waals surface area contributed by atoms with Crippen LogP contribution in [0.15, 0.2) is 53.6 Å². The van der Waals surface area contributed by atoms with Gasteiger partial charge in [0.15, 0.2) is 5.71 Å². The van der Waals surface area contributed by atoms with E-state index >= 15 is 0 Å². The molecule has 0 unspecified atom stereocenters. The molecule has 2 atom stereocenters. The maximum absolute atomic E-state index is 13.4. The number of para-hydroxylation sites is 3. The standard InChI is InChI=1S/C21H18ClN3O5/c1-3-30-21(28)17-16-18(25(23-17)13-9-5-4-8-12(13)22)20(27)24(19(16)26)14-10-6-7-11-15(14)29-2/h4-11,16,18H,3H2,1-2H3/t16-,18-/m1/s1. The van der Waals surface area contributed by atoms with Crippen molar-refractivity contribution in [3.05, 3.63) is 53.6 Å². The fraction of sp³-hybridized carbons (Fsp3) is 0.238. The van der Waals surface area contributed by atoms with E-state index in [1.165, 1.54) is 12.1 Å². The maximum atomic E-state index is 13.4. The highest BCUT2D eigenvalue weighted by Gasteiger charge is 2.59. The highest BCUT2D eigenvalue weighted by molar-refractivity contribution is 6.47. The summed E-state index contributed by atoms with van der Waals surface area (Å²) in [5.74, 6) is -2.60. The second-order valence-corrected chi connectivity index (χ2v) is 7.02. The van der Waals surface area contributed by atoms with Gasteiger partial charge in [-0.25, -0.2) is 14.7 Å². The highest BCUT2D eigenvalue weighted by Crippen LogP contribution is 2.42. The Morgan fingerprint density at radius 3 is 2.40 bits per heavy atom. The molecule has 0 saturated carbocycles. The van der Waals surface area contributed by atoms with E-state index in [0.29, 0.717) is 22.1 Å². The molecule has 2 aliphatic rings. The van der Waals surface area contributed by atoms with E-state index in [1.807, 2.05) is 0 Å². The van der Waals surface area contributed by atoms with Crippen LogP contribution in [0.5, 0.6) is 5.75 Å². The van der Waals surface area contributed by atoms with Crippen molar-refractivity contribution in [3.8, 4) is 5.75 Å². The third-order valence-corrected chi connectivity index (χ3v) is 5.28. The number of anilines is 2. The van der Waals surface area contributed by atoms with Crippen LogP contribution in [0.4, 0.5) is 11.4 Å². The lowest BCUT2D eigenvalue weighted by molar-refractivity contribution is -0.136. The molecular formula is C21H18ClN3O5. The maximum Gasteiger partial charge on any atom is 0.355 e. The van der Waals surface area contributed by atoms with Gasteiger partial charge in [-0.05, 0) is 31.2 Å². The Balaban J connectivity index is 1.83. The van der Waals surface area contributed by atoms with Crippen molar-refractivity contribution in [2.24, 2.45) is 11.0 Å². The van der Waals surface area contributed by atoms with Crippen LogP contribution in [0.2, 0.25) is 5.02 Å². The lowest BCUT2D eigenvalue weighted by Gasteiger charge is -2.23. The summed E-state index contributed by atoms with van der Waals surface area (Å²) in [7, 11) is 1.45. The highest BCUT2D eigenvalue weighted by atomic mass is 35.5. The first kappa shape index (κ1) is 19.9. The Kier molecular flexibility index (Phi) is 5.17. The SMILES string of the molecule is CCOC(=O)C1=NN(c2ccccc2Cl)[C@H]2C(=O)N(c3ccccc3OC)C(=O)[C@H]12. The van der Waals surface area contributed by atoms with E-state index in [9.17, 15) is 14.4 Å². The number of imide groups is 1. The molecule has 0 aromatic heterocycles. The van der Waals surface area contributed by atoms with E-state index in [0.717, 1.165) is 4.90 Å². The average Bonchev–Trinajstić information content (AvgIpc) is 3.25. The quantitative estimate of drug-likeness (QED) is 0.538. The molecule has 8 nitrogen and oxygen atoms in total. The Morgan fingerprint density at radius 2 is 1.73 bits per heavy atom. The predicted octanol–water partition coefficient (Wildman–Crippen LogP) is 2.65. The van der Waals surface area contributed by atoms with Gasteiger partial charge in [0.2, 0.25) is 5.91 Å². The number of esters is 1. The summed E-state index contributed by atoms with van der Waals surface area (Å²) in [6.07, 6.45) is 0. The molecule has 30 heavy (non-hydrogen) atoms. The van der Waals surface area contributed by atoms with E-state index in [1.54, 1.807) is 55.5 Å². The fourth-order valence-electron chi connectivity index (χ4n) is 3.68. The Labute approximate surface area is 177 Å². The average molecular weight is 428 g/mol. The molecule has 2 aromatic carbocycles. The monoisotopic (exact) mass is 427 g/mol. The first-order valence-electron chi connectivity index (χ1n) is 9.29. The van der Waals surface area contributed by atoms with Crippen LogP contribution in [-0.4, -0.2) is 43.3 Å². The van der Waals surface area contributed by atoms with Crippen LogP contribution in [0.25, 0.3) is 0 Å². The van der Waals surface area contributed by atoms with Crippen molar-refractivity contribution >= 4 is 46.5 Å². The van der Waals surface area contributed by atoms with E-state index in [2.05, 4.69) is 5.10 Å². The summed E-state index contributed by atoms with van der Waals surface area (Å²) < 4.78 is 10.4. The van der Waals surface area contributed by atoms with Crippen LogP contribution in [-0.2, 0) is 19.1 Å². The minimum Gasteiger partial charge on any atom is -0.495 e. The number of hydrogen-bond acceptors (Lipinski definition) is 7. The summed E-state index contributed by atoms with van der Waals surface area (Å²) >= 11 is 6.31. The van der Waals surface area contributed by atoms with Crippen LogP contribution >= 0.6 is 11.6 Å². The second kappa shape index (κ2) is 7.79. The molecule has 2 aromatic rings. The van der Waals surface area contributed by atoms with Gasteiger partial charge in [-0.3, -0.25) is 9.59 Å². The number of carbonyl (C=O) groups is 3. The molecule has 0 radical (unpaired) electrons. The van der Waals surface area contributed by atoms with Gasteiger partial charge in [-0.2, -0.15) is 5.10 Å². The summed E-state index contributed by atoms with van der Waals surface area (Å²) in [5, 5.41) is 5.95. The van der Waals surface area contributed by atoms with E-state index in [4.69, 9.17) is 21.1 Å². The van der Waals surface area contributed by atoms with Crippen LogP contribution in [0.1, 0.15) is 6.92 Å². The molecule has 2 aliphatic heterocycles. The van der Waals surface area contributed by atoms with Gasteiger partial charge in [0.1, 0.15) is 17.7 Å². The molecule has 0 bridgehead atoms. The van der Waals surface area contributed by atoms with Crippen molar-refractivity contribution in [2.45, 2.75) is 13.0 Å². The third-order valence-electron chi connectivity index (χ3n) is 4.96. The zero-order chi connectivity index (χ0) is 21.4. The van der Waals surface area contributed by atoms with Gasteiger partial charge in [-0.15, -0.1) is 0 Å². The van der Waals surface area contributed by atoms with Crippen molar-refractivity contribution < 1.29 is 23.9 Å². The zero-order valence-electron chi connectivity index (χ0n) is 16.2. The molecule has 0 N–H and O–H groups in total. The summed E-state index contributed by atoms with van der Waals surface area (Å²) in [6, 6.07) is 12.4. The molecule has 1 fully saturated rings. The molecule has 0 aliphatic carbocycles. The summed E-state index contributed by atoms with van der Waals surface area (Å²) in [5.41, 5.74) is 0.584. The number of ether oxygens (including phenoxy) is 2. The Bertz CT molecular complexity index is 1070. The summed E-state index contributed by atoms with van der Waals surface area (Å²) in [4.78, 5) is 40.4. The number of nitrogens with zero attached hydrogens (tertiary/aromatic N) is 3. The molecule has 2 heterocycles. The largest absolute Gasteiger partial charge is 0.495 e. The number of carbonyl (C=O) groups excluding carboxylic acids is 3. The number of hydrogen-bond donors (Lipinski definition) is 0. The molecule has 0 spiro atoms. The molecule has 4 rings (SSSR count). The topological polar surface area (TPSA) is 88.5 Å². The molecular weight excluding hydrogens is 410 g/mol.